The first-order valence-corrected chi connectivity index (χ1v) is 19.6. The van der Waals surface area contributed by atoms with Gasteiger partial charge < -0.3 is 18.3 Å². The normalized spacial score (nSPS) is 22.1. The molecule has 0 amide bonds. The third kappa shape index (κ3) is 4.01. The van der Waals surface area contributed by atoms with E-state index in [1.165, 1.54) is 0 Å². The van der Waals surface area contributed by atoms with Gasteiger partial charge in [-0.3, -0.25) is 0 Å². The Bertz CT molecular complexity index is 664. The van der Waals surface area contributed by atoms with E-state index in [1.807, 2.05) is 0 Å². The highest BCUT2D eigenvalue weighted by molar-refractivity contribution is 9.29. The van der Waals surface area contributed by atoms with Crippen LogP contribution < -0.4 is 0 Å². The van der Waals surface area contributed by atoms with Gasteiger partial charge in [0.25, 0.3) is 0 Å². The molecule has 2 aliphatic heterocycles. The molecule has 0 saturated carbocycles. The van der Waals surface area contributed by atoms with Gasteiger partial charge >= 0.3 is 14.4 Å². The predicted molar refractivity (Wildman–Crippen MR) is 147 cm³/mol. The van der Waals surface area contributed by atoms with E-state index >= 15 is 0 Å². The van der Waals surface area contributed by atoms with Crippen LogP contribution >= 0.6 is 47.2 Å². The third-order valence-corrected chi connectivity index (χ3v) is 33.8. The van der Waals surface area contributed by atoms with E-state index in [0.717, 1.165) is 0 Å². The van der Waals surface area contributed by atoms with Crippen molar-refractivity contribution in [2.24, 2.45) is 0 Å². The fourth-order valence-electron chi connectivity index (χ4n) is 4.74. The Morgan fingerprint density at radius 1 is 0.533 bits per heavy atom. The van der Waals surface area contributed by atoms with Crippen LogP contribution in [-0.4, -0.2) is 58.2 Å². The summed E-state index contributed by atoms with van der Waals surface area (Å²) in [6.45, 7) is 25.5. The van der Waals surface area contributed by atoms with Gasteiger partial charge in [-0.05, 0) is 83.1 Å². The molecule has 30 heavy (non-hydrogen) atoms. The fourth-order valence-corrected chi connectivity index (χ4v) is 45.2. The van der Waals surface area contributed by atoms with E-state index in [9.17, 15) is 0 Å². The zero-order chi connectivity index (χ0) is 23.7. The lowest BCUT2D eigenvalue weighted by atomic mass is 10.1. The van der Waals surface area contributed by atoms with Gasteiger partial charge in [-0.25, -0.2) is 0 Å². The highest BCUT2D eigenvalue weighted by Gasteiger charge is 2.78. The summed E-state index contributed by atoms with van der Waals surface area (Å²) in [7, 11) is -2.54. The molecule has 0 N–H and O–H groups in total. The minimum absolute atomic E-state index is 0.0171. The molecule has 0 fully saturated rings. The molecule has 0 unspecified atom stereocenters. The number of rotatable bonds is 2. The molecule has 4 nitrogen and oxygen atoms in total. The van der Waals surface area contributed by atoms with Crippen LogP contribution in [-0.2, 0) is 0 Å². The summed E-state index contributed by atoms with van der Waals surface area (Å²) in [6, 6.07) is 0. The Labute approximate surface area is 212 Å². The van der Waals surface area contributed by atoms with Crippen LogP contribution in [0, 0.1) is 0 Å². The number of hydrogen-bond donors (Lipinski definition) is 0. The van der Waals surface area contributed by atoms with Crippen molar-refractivity contribution in [1.82, 2.24) is 18.3 Å². The molecule has 174 valence electrons. The Kier molecular flexibility index (Phi) is 6.98. The zero-order valence-electron chi connectivity index (χ0n) is 20.8. The molecule has 0 atom stereocenters. The lowest BCUT2D eigenvalue weighted by Crippen LogP contribution is -2.90. The average Bonchev–Trinajstić information content (AvgIpc) is 3.04. The van der Waals surface area contributed by atoms with Crippen molar-refractivity contribution >= 4 is 61.6 Å². The molecule has 9 heteroatoms. The summed E-state index contributed by atoms with van der Waals surface area (Å²) in [4.78, 5) is 0. The fraction of sp³-hybridized carbons (Fsp3) is 0.810. The minimum atomic E-state index is -2.54. The number of alkyl halides is 2. The SMILES string of the molecule is CC(C)(C)N1C=CN(C(C)(C)C)[Si]1(Br)[Si]1(C(Br)Br)N(C(C)(C)C)C=CN1C(C)(C)C. The van der Waals surface area contributed by atoms with Gasteiger partial charge in [0.05, 0.1) is 0 Å². The molecule has 0 radical (unpaired) electrons. The molecule has 0 aromatic carbocycles. The van der Waals surface area contributed by atoms with Crippen LogP contribution in [0.1, 0.15) is 83.1 Å². The van der Waals surface area contributed by atoms with Crippen molar-refractivity contribution in [3.63, 3.8) is 0 Å². The van der Waals surface area contributed by atoms with Crippen molar-refractivity contribution < 1.29 is 0 Å². The minimum Gasteiger partial charge on any atom is -0.379 e. The van der Waals surface area contributed by atoms with Gasteiger partial charge in [-0.2, -0.15) is 0 Å². The van der Waals surface area contributed by atoms with Crippen LogP contribution in [0.25, 0.3) is 0 Å². The first kappa shape index (κ1) is 26.8. The molecular formula is C21H41Br3N4Si2. The Morgan fingerprint density at radius 3 is 0.967 bits per heavy atom. The van der Waals surface area contributed by atoms with Gasteiger partial charge in [-0.1, -0.05) is 47.2 Å². The van der Waals surface area contributed by atoms with Gasteiger partial charge in [0.1, 0.15) is 3.36 Å². The average molecular weight is 645 g/mol. The maximum Gasteiger partial charge on any atom is 0.371 e. The molecule has 0 aromatic heterocycles. The van der Waals surface area contributed by atoms with Crippen molar-refractivity contribution in [2.45, 2.75) is 109 Å². The molecule has 0 spiro atoms. The molecule has 2 aliphatic rings. The number of hydrogen-bond acceptors (Lipinski definition) is 4. The molecule has 2 heterocycles. The maximum absolute atomic E-state index is 4.61. The highest BCUT2D eigenvalue weighted by atomic mass is 79.9. The van der Waals surface area contributed by atoms with Crippen LogP contribution in [0.4, 0.5) is 0 Å². The summed E-state index contributed by atoms with van der Waals surface area (Å²) >= 11 is 12.9. The smallest absolute Gasteiger partial charge is 0.371 e. The lowest BCUT2D eigenvalue weighted by Gasteiger charge is -2.64. The molecule has 2 rings (SSSR count). The molecule has 0 aromatic rings. The van der Waals surface area contributed by atoms with Crippen molar-refractivity contribution in [3.05, 3.63) is 24.8 Å². The summed E-state index contributed by atoms with van der Waals surface area (Å²) < 4.78 is 10.9. The Morgan fingerprint density at radius 2 is 0.767 bits per heavy atom. The maximum atomic E-state index is 4.61. The Balaban J connectivity index is 2.99. The van der Waals surface area contributed by atoms with Crippen LogP contribution in [0.3, 0.4) is 0 Å². The largest absolute Gasteiger partial charge is 0.379 e. The van der Waals surface area contributed by atoms with E-state index in [1.54, 1.807) is 0 Å². The van der Waals surface area contributed by atoms with E-state index in [0.29, 0.717) is 0 Å². The number of nitrogens with zero attached hydrogens (tertiary/aromatic N) is 4. The number of halogens is 3. The second kappa shape index (κ2) is 7.81. The van der Waals surface area contributed by atoms with Gasteiger partial charge in [-0.15, -0.1) is 0 Å². The summed E-state index contributed by atoms with van der Waals surface area (Å²) in [5, 5.41) is 0. The monoisotopic (exact) mass is 642 g/mol. The van der Waals surface area contributed by atoms with Gasteiger partial charge in [0.2, 0.25) is 0 Å². The van der Waals surface area contributed by atoms with Crippen molar-refractivity contribution in [1.29, 1.82) is 0 Å². The van der Waals surface area contributed by atoms with Crippen LogP contribution in [0.15, 0.2) is 24.8 Å². The van der Waals surface area contributed by atoms with Crippen molar-refractivity contribution in [3.8, 4) is 0 Å². The quantitative estimate of drug-likeness (QED) is 0.185. The first-order valence-electron chi connectivity index (χ1n) is 10.7. The molecule has 0 aliphatic carbocycles. The standard InChI is InChI=1S/C21H41Br3N4Si2/c1-18(2,3)25-13-14-26(19(4,5)6)29(25,17(22)23)30(24)27(20(7,8)9)15-16-28(30)21(10,11)12/h13-17H,1-12H3. The van der Waals surface area contributed by atoms with E-state index in [2.05, 4.69) is 173 Å². The lowest BCUT2D eigenvalue weighted by molar-refractivity contribution is 0.248. The van der Waals surface area contributed by atoms with E-state index in [-0.39, 0.29) is 25.5 Å². The van der Waals surface area contributed by atoms with Crippen molar-refractivity contribution in [2.75, 3.05) is 0 Å². The molecule has 0 bridgehead atoms. The van der Waals surface area contributed by atoms with Crippen LogP contribution in [0.5, 0.6) is 0 Å². The second-order valence-electron chi connectivity index (χ2n) is 12.4. The van der Waals surface area contributed by atoms with Gasteiger partial charge in [0.15, 0.2) is 0 Å². The Hall–Kier alpha value is 0.554. The molecular weight excluding hydrogens is 604 g/mol. The molecule has 0 saturated heterocycles. The summed E-state index contributed by atoms with van der Waals surface area (Å²) in [5.74, 6) is 0. The zero-order valence-corrected chi connectivity index (χ0v) is 27.6. The first-order chi connectivity index (χ1) is 13.1. The van der Waals surface area contributed by atoms with E-state index < -0.39 is 14.4 Å². The predicted octanol–water partition coefficient (Wildman–Crippen LogP) is 6.87. The topological polar surface area (TPSA) is 13.0 Å². The second-order valence-corrected chi connectivity index (χ2v) is 32.1. The highest BCUT2D eigenvalue weighted by Crippen LogP contribution is 2.54. The summed E-state index contributed by atoms with van der Waals surface area (Å²) in [5.41, 5.74) is -0.0778. The van der Waals surface area contributed by atoms with E-state index in [4.69, 9.17) is 0 Å². The van der Waals surface area contributed by atoms with Gasteiger partial charge in [0, 0.05) is 47.0 Å². The third-order valence-electron chi connectivity index (χ3n) is 5.77. The summed E-state index contributed by atoms with van der Waals surface area (Å²) in [6.07, 6.45) is 9.37. The van der Waals surface area contributed by atoms with Crippen LogP contribution in [0.2, 0.25) is 0 Å².